The Morgan fingerprint density at radius 3 is 2.27 bits per heavy atom. The molecule has 5 nitrogen and oxygen atoms in total. The minimum Gasteiger partial charge on any atom is -0.458 e. The van der Waals surface area contributed by atoms with Gasteiger partial charge in [0.1, 0.15) is 17.4 Å². The van der Waals surface area contributed by atoms with E-state index >= 15 is 0 Å². The summed E-state index contributed by atoms with van der Waals surface area (Å²) in [4.78, 5) is 36.4. The van der Waals surface area contributed by atoms with Gasteiger partial charge in [0.25, 0.3) is 0 Å². The van der Waals surface area contributed by atoms with Crippen LogP contribution in [-0.4, -0.2) is 29.3 Å². The summed E-state index contributed by atoms with van der Waals surface area (Å²) in [7, 11) is 0. The molecule has 1 rings (SSSR count). The quantitative estimate of drug-likeness (QED) is 0.607. The molecule has 1 aromatic carbocycles. The smallest absolute Gasteiger partial charge is 0.329 e. The standard InChI is InChI=1S/C20H28BrNO4/c1-5-6-17(19(25)26-20(2,3)4)22-18(24)12-11-16(23)13-14-7-9-15(21)10-8-14/h7-10,17H,5-6,11-13H2,1-4H3,(H,22,24)/t17-/m0/s1. The highest BCUT2D eigenvalue weighted by molar-refractivity contribution is 9.10. The first kappa shape index (κ1) is 22.4. The van der Waals surface area contributed by atoms with Crippen molar-refractivity contribution in [2.45, 2.75) is 71.4 Å². The van der Waals surface area contributed by atoms with E-state index in [2.05, 4.69) is 21.2 Å². The SMILES string of the molecule is CCC[C@H](NC(=O)CCC(=O)Cc1ccc(Br)cc1)C(=O)OC(C)(C)C. The van der Waals surface area contributed by atoms with Crippen molar-refractivity contribution in [2.24, 2.45) is 0 Å². The van der Waals surface area contributed by atoms with Gasteiger partial charge in [0, 0.05) is 23.7 Å². The molecule has 1 N–H and O–H groups in total. The van der Waals surface area contributed by atoms with Gasteiger partial charge in [0.15, 0.2) is 0 Å². The first-order valence-corrected chi connectivity index (χ1v) is 9.68. The third kappa shape index (κ3) is 9.13. The van der Waals surface area contributed by atoms with Gasteiger partial charge >= 0.3 is 5.97 Å². The van der Waals surface area contributed by atoms with Crippen molar-refractivity contribution in [1.29, 1.82) is 0 Å². The first-order chi connectivity index (χ1) is 12.1. The summed E-state index contributed by atoms with van der Waals surface area (Å²) in [6.45, 7) is 7.30. The van der Waals surface area contributed by atoms with Crippen molar-refractivity contribution >= 4 is 33.6 Å². The normalized spacial score (nSPS) is 12.3. The van der Waals surface area contributed by atoms with Gasteiger partial charge < -0.3 is 10.1 Å². The summed E-state index contributed by atoms with van der Waals surface area (Å²) in [6, 6.07) is 6.84. The van der Waals surface area contributed by atoms with Gasteiger partial charge in [-0.25, -0.2) is 4.79 Å². The number of hydrogen-bond acceptors (Lipinski definition) is 4. The van der Waals surface area contributed by atoms with E-state index < -0.39 is 17.6 Å². The molecule has 1 atom stereocenters. The highest BCUT2D eigenvalue weighted by Gasteiger charge is 2.26. The maximum Gasteiger partial charge on any atom is 0.329 e. The zero-order valence-electron chi connectivity index (χ0n) is 15.9. The average Bonchev–Trinajstić information content (AvgIpc) is 2.53. The molecule has 0 saturated carbocycles. The fourth-order valence-corrected chi connectivity index (χ4v) is 2.61. The minimum atomic E-state index is -0.673. The summed E-state index contributed by atoms with van der Waals surface area (Å²) < 4.78 is 6.30. The maximum atomic E-state index is 12.2. The highest BCUT2D eigenvalue weighted by atomic mass is 79.9. The average molecular weight is 426 g/mol. The number of ketones is 1. The number of nitrogens with one attached hydrogen (secondary N) is 1. The molecule has 0 radical (unpaired) electrons. The minimum absolute atomic E-state index is 0.00761. The lowest BCUT2D eigenvalue weighted by atomic mass is 10.1. The van der Waals surface area contributed by atoms with Crippen LogP contribution >= 0.6 is 15.9 Å². The number of rotatable bonds is 9. The molecule has 26 heavy (non-hydrogen) atoms. The van der Waals surface area contributed by atoms with Gasteiger partial charge in [0.05, 0.1) is 0 Å². The summed E-state index contributed by atoms with van der Waals surface area (Å²) in [5.41, 5.74) is 0.310. The van der Waals surface area contributed by atoms with E-state index in [1.165, 1.54) is 0 Å². The van der Waals surface area contributed by atoms with Crippen LogP contribution in [0.3, 0.4) is 0 Å². The fourth-order valence-electron chi connectivity index (χ4n) is 2.35. The topological polar surface area (TPSA) is 72.5 Å². The van der Waals surface area contributed by atoms with Crippen LogP contribution in [0, 0.1) is 0 Å². The zero-order valence-corrected chi connectivity index (χ0v) is 17.5. The molecule has 0 aliphatic carbocycles. The summed E-state index contributed by atoms with van der Waals surface area (Å²) in [5.74, 6) is -0.751. The molecule has 0 unspecified atom stereocenters. The number of amides is 1. The molecule has 0 aromatic heterocycles. The Bertz CT molecular complexity index is 620. The number of benzene rings is 1. The van der Waals surface area contributed by atoms with Crippen LogP contribution in [0.1, 0.15) is 58.9 Å². The lowest BCUT2D eigenvalue weighted by Crippen LogP contribution is -2.44. The molecule has 0 saturated heterocycles. The third-order valence-electron chi connectivity index (χ3n) is 3.55. The van der Waals surface area contributed by atoms with Gasteiger partial charge in [-0.15, -0.1) is 0 Å². The Morgan fingerprint density at radius 1 is 1.12 bits per heavy atom. The molecule has 144 valence electrons. The fraction of sp³-hybridized carbons (Fsp3) is 0.550. The maximum absolute atomic E-state index is 12.2. The number of Topliss-reactive ketones (excluding diaryl/α,β-unsaturated/α-hetero) is 1. The van der Waals surface area contributed by atoms with Crippen LogP contribution in [-0.2, 0) is 25.5 Å². The van der Waals surface area contributed by atoms with Crippen molar-refractivity contribution < 1.29 is 19.1 Å². The second-order valence-electron chi connectivity index (χ2n) is 7.28. The second kappa shape index (κ2) is 10.5. The first-order valence-electron chi connectivity index (χ1n) is 8.89. The summed E-state index contributed by atoms with van der Waals surface area (Å²) in [6.07, 6.45) is 1.76. The largest absolute Gasteiger partial charge is 0.458 e. The van der Waals surface area contributed by atoms with Gasteiger partial charge in [-0.05, 0) is 44.9 Å². The predicted molar refractivity (Wildman–Crippen MR) is 105 cm³/mol. The van der Waals surface area contributed by atoms with E-state index in [0.717, 1.165) is 16.5 Å². The van der Waals surface area contributed by atoms with Gasteiger partial charge in [0.2, 0.25) is 5.91 Å². The molecule has 0 aliphatic heterocycles. The van der Waals surface area contributed by atoms with Gasteiger partial charge in [-0.2, -0.15) is 0 Å². The Hall–Kier alpha value is -1.69. The Labute approximate surface area is 164 Å². The molecule has 0 aliphatic rings. The third-order valence-corrected chi connectivity index (χ3v) is 4.08. The lowest BCUT2D eigenvalue weighted by molar-refractivity contribution is -0.158. The molecule has 1 aromatic rings. The zero-order chi connectivity index (χ0) is 19.7. The van der Waals surface area contributed by atoms with E-state index in [0.29, 0.717) is 12.8 Å². The molecule has 0 bridgehead atoms. The van der Waals surface area contributed by atoms with Gasteiger partial charge in [-0.3, -0.25) is 9.59 Å². The van der Waals surface area contributed by atoms with E-state index in [9.17, 15) is 14.4 Å². The monoisotopic (exact) mass is 425 g/mol. The van der Waals surface area contributed by atoms with Crippen LogP contribution in [0.2, 0.25) is 0 Å². The van der Waals surface area contributed by atoms with Crippen LogP contribution in [0.5, 0.6) is 0 Å². The molecular formula is C20H28BrNO4. The number of carbonyl (C=O) groups excluding carboxylic acids is 3. The number of halogens is 1. The Balaban J connectivity index is 2.48. The Morgan fingerprint density at radius 2 is 1.73 bits per heavy atom. The molecule has 0 spiro atoms. The van der Waals surface area contributed by atoms with Crippen LogP contribution in [0.15, 0.2) is 28.7 Å². The van der Waals surface area contributed by atoms with Crippen molar-refractivity contribution in [3.05, 3.63) is 34.3 Å². The van der Waals surface area contributed by atoms with Crippen LogP contribution < -0.4 is 5.32 Å². The summed E-state index contributed by atoms with van der Waals surface area (Å²) >= 11 is 3.35. The van der Waals surface area contributed by atoms with Crippen molar-refractivity contribution in [3.8, 4) is 0 Å². The van der Waals surface area contributed by atoms with Crippen molar-refractivity contribution in [1.82, 2.24) is 5.32 Å². The number of ether oxygens (including phenoxy) is 1. The number of esters is 1. The predicted octanol–water partition coefficient (Wildman–Crippen LogP) is 3.97. The molecule has 0 fully saturated rings. The molecular weight excluding hydrogens is 398 g/mol. The number of carbonyl (C=O) groups is 3. The van der Waals surface area contributed by atoms with Crippen LogP contribution in [0.25, 0.3) is 0 Å². The van der Waals surface area contributed by atoms with Crippen molar-refractivity contribution in [2.75, 3.05) is 0 Å². The van der Waals surface area contributed by atoms with E-state index in [1.807, 2.05) is 31.2 Å². The van der Waals surface area contributed by atoms with E-state index in [1.54, 1.807) is 20.8 Å². The number of hydrogen-bond donors (Lipinski definition) is 1. The van der Waals surface area contributed by atoms with E-state index in [-0.39, 0.29) is 24.5 Å². The lowest BCUT2D eigenvalue weighted by Gasteiger charge is -2.24. The summed E-state index contributed by atoms with van der Waals surface area (Å²) in [5, 5.41) is 2.70. The van der Waals surface area contributed by atoms with Gasteiger partial charge in [-0.1, -0.05) is 41.4 Å². The van der Waals surface area contributed by atoms with Crippen LogP contribution in [0.4, 0.5) is 0 Å². The molecule has 6 heteroatoms. The van der Waals surface area contributed by atoms with Crippen molar-refractivity contribution in [3.63, 3.8) is 0 Å². The van der Waals surface area contributed by atoms with E-state index in [4.69, 9.17) is 4.74 Å². The second-order valence-corrected chi connectivity index (χ2v) is 8.20. The Kier molecular flexibility index (Phi) is 8.99. The molecule has 1 amide bonds. The molecule has 0 heterocycles. The highest BCUT2D eigenvalue weighted by Crippen LogP contribution is 2.13.